The molecule has 1 aliphatic rings. The number of nitrogen functional groups attached to an aromatic ring is 1. The van der Waals surface area contributed by atoms with Gasteiger partial charge in [0, 0.05) is 5.69 Å². The summed E-state index contributed by atoms with van der Waals surface area (Å²) >= 11 is 0. The number of aryl methyl sites for hydroxylation is 1. The van der Waals surface area contributed by atoms with Crippen LogP contribution in [0, 0.1) is 12.8 Å². The molecule has 3 nitrogen and oxygen atoms in total. The highest BCUT2D eigenvalue weighted by Gasteiger charge is 2.45. The zero-order chi connectivity index (χ0) is 11.7. The average Bonchev–Trinajstić information content (AvgIpc) is 3.02. The molecular formula is C13H17NO2. The summed E-state index contributed by atoms with van der Waals surface area (Å²) in [6, 6.07) is 5.98. The Hall–Kier alpha value is -1.51. The molecule has 0 unspecified atom stereocenters. The molecule has 16 heavy (non-hydrogen) atoms. The molecule has 2 atom stereocenters. The second kappa shape index (κ2) is 4.16. The van der Waals surface area contributed by atoms with Gasteiger partial charge in [-0.25, -0.2) is 0 Å². The number of carbonyl (C=O) groups is 1. The number of hydrogen-bond donors (Lipinski definition) is 1. The summed E-state index contributed by atoms with van der Waals surface area (Å²) < 4.78 is 5.01. The van der Waals surface area contributed by atoms with Crippen LogP contribution < -0.4 is 5.73 Å². The number of benzene rings is 1. The van der Waals surface area contributed by atoms with E-state index in [4.69, 9.17) is 10.5 Å². The molecule has 0 heterocycles. The summed E-state index contributed by atoms with van der Waals surface area (Å²) in [5, 5.41) is 0. The SMILES string of the molecule is CCOC(=O)[C@@H]1C[C@H]1c1ccc(N)c(C)c1. The third-order valence-electron chi connectivity index (χ3n) is 3.10. The largest absolute Gasteiger partial charge is 0.466 e. The van der Waals surface area contributed by atoms with E-state index in [0.717, 1.165) is 17.7 Å². The molecule has 2 rings (SSSR count). The van der Waals surface area contributed by atoms with E-state index in [1.807, 2.05) is 26.0 Å². The minimum atomic E-state index is -0.0676. The van der Waals surface area contributed by atoms with Gasteiger partial charge in [0.2, 0.25) is 0 Å². The average molecular weight is 219 g/mol. The molecule has 0 bridgehead atoms. The molecule has 86 valence electrons. The van der Waals surface area contributed by atoms with Crippen molar-refractivity contribution < 1.29 is 9.53 Å². The molecule has 3 heteroatoms. The van der Waals surface area contributed by atoms with E-state index in [1.54, 1.807) is 0 Å². The number of anilines is 1. The van der Waals surface area contributed by atoms with Crippen LogP contribution in [0.25, 0.3) is 0 Å². The van der Waals surface area contributed by atoms with E-state index in [1.165, 1.54) is 5.56 Å². The zero-order valence-electron chi connectivity index (χ0n) is 9.69. The van der Waals surface area contributed by atoms with Gasteiger partial charge in [0.25, 0.3) is 0 Å². The van der Waals surface area contributed by atoms with Crippen LogP contribution in [0.4, 0.5) is 5.69 Å². The number of hydrogen-bond acceptors (Lipinski definition) is 3. The van der Waals surface area contributed by atoms with Crippen LogP contribution >= 0.6 is 0 Å². The van der Waals surface area contributed by atoms with Crippen molar-refractivity contribution in [3.8, 4) is 0 Å². The maximum atomic E-state index is 11.5. The smallest absolute Gasteiger partial charge is 0.309 e. The molecule has 0 spiro atoms. The van der Waals surface area contributed by atoms with Crippen molar-refractivity contribution in [2.45, 2.75) is 26.2 Å². The Morgan fingerprint density at radius 3 is 2.94 bits per heavy atom. The van der Waals surface area contributed by atoms with E-state index < -0.39 is 0 Å². The van der Waals surface area contributed by atoms with Crippen molar-refractivity contribution in [1.29, 1.82) is 0 Å². The summed E-state index contributed by atoms with van der Waals surface area (Å²) in [6.45, 7) is 4.28. The minimum Gasteiger partial charge on any atom is -0.466 e. The molecule has 1 aromatic carbocycles. The van der Waals surface area contributed by atoms with Gasteiger partial charge in [0.15, 0.2) is 0 Å². The molecule has 0 saturated heterocycles. The summed E-state index contributed by atoms with van der Waals surface area (Å²) in [7, 11) is 0. The highest BCUT2D eigenvalue weighted by atomic mass is 16.5. The van der Waals surface area contributed by atoms with Gasteiger partial charge in [-0.2, -0.15) is 0 Å². The highest BCUT2D eigenvalue weighted by Crippen LogP contribution is 2.48. The first-order valence-corrected chi connectivity index (χ1v) is 5.66. The van der Waals surface area contributed by atoms with Crippen LogP contribution in [0.3, 0.4) is 0 Å². The lowest BCUT2D eigenvalue weighted by Crippen LogP contribution is -2.07. The standard InChI is InChI=1S/C13H17NO2/c1-3-16-13(15)11-7-10(11)9-4-5-12(14)8(2)6-9/h4-6,10-11H,3,7,14H2,1-2H3/t10-,11+/m0/s1. The van der Waals surface area contributed by atoms with E-state index >= 15 is 0 Å². The van der Waals surface area contributed by atoms with E-state index in [9.17, 15) is 4.79 Å². The van der Waals surface area contributed by atoms with Gasteiger partial charge < -0.3 is 10.5 Å². The number of carbonyl (C=O) groups excluding carboxylic acids is 1. The summed E-state index contributed by atoms with van der Waals surface area (Å²) in [4.78, 5) is 11.5. The summed E-state index contributed by atoms with van der Waals surface area (Å²) in [5.74, 6) is 0.323. The van der Waals surface area contributed by atoms with Crippen LogP contribution in [0.2, 0.25) is 0 Å². The number of nitrogens with two attached hydrogens (primary N) is 1. The van der Waals surface area contributed by atoms with Gasteiger partial charge in [-0.15, -0.1) is 0 Å². The number of ether oxygens (including phenoxy) is 1. The van der Waals surface area contributed by atoms with Crippen molar-refractivity contribution in [1.82, 2.24) is 0 Å². The Labute approximate surface area is 95.6 Å². The molecular weight excluding hydrogens is 202 g/mol. The van der Waals surface area contributed by atoms with Gasteiger partial charge in [-0.3, -0.25) is 4.79 Å². The maximum absolute atomic E-state index is 11.5. The quantitative estimate of drug-likeness (QED) is 0.626. The van der Waals surface area contributed by atoms with Crippen molar-refractivity contribution >= 4 is 11.7 Å². The minimum absolute atomic E-state index is 0.0583. The van der Waals surface area contributed by atoms with Crippen LogP contribution in [0.5, 0.6) is 0 Å². The number of esters is 1. The predicted molar refractivity (Wildman–Crippen MR) is 63.1 cm³/mol. The number of rotatable bonds is 3. The Bertz CT molecular complexity index is 414. The summed E-state index contributed by atoms with van der Waals surface area (Å²) in [6.07, 6.45) is 0.905. The van der Waals surface area contributed by atoms with Gasteiger partial charge in [-0.05, 0) is 43.4 Å². The fourth-order valence-corrected chi connectivity index (χ4v) is 2.00. The topological polar surface area (TPSA) is 52.3 Å². The second-order valence-electron chi connectivity index (χ2n) is 4.32. The van der Waals surface area contributed by atoms with Crippen LogP contribution in [0.15, 0.2) is 18.2 Å². The third-order valence-corrected chi connectivity index (χ3v) is 3.10. The Morgan fingerprint density at radius 2 is 2.31 bits per heavy atom. The van der Waals surface area contributed by atoms with Crippen molar-refractivity contribution in [2.75, 3.05) is 12.3 Å². The first-order valence-electron chi connectivity index (χ1n) is 5.66. The Balaban J connectivity index is 2.06. The first-order chi connectivity index (χ1) is 7.63. The zero-order valence-corrected chi connectivity index (χ0v) is 9.69. The van der Waals surface area contributed by atoms with Crippen molar-refractivity contribution in [3.05, 3.63) is 29.3 Å². The van der Waals surface area contributed by atoms with Gasteiger partial charge in [0.1, 0.15) is 0 Å². The molecule has 0 aliphatic heterocycles. The fourth-order valence-electron chi connectivity index (χ4n) is 2.00. The maximum Gasteiger partial charge on any atom is 0.309 e. The van der Waals surface area contributed by atoms with Crippen LogP contribution in [-0.2, 0) is 9.53 Å². The normalized spacial score (nSPS) is 22.9. The Morgan fingerprint density at radius 1 is 1.56 bits per heavy atom. The molecule has 1 aromatic rings. The lowest BCUT2D eigenvalue weighted by atomic mass is 10.1. The molecule has 0 radical (unpaired) electrons. The molecule has 0 amide bonds. The molecule has 0 aromatic heterocycles. The molecule has 1 fully saturated rings. The van der Waals surface area contributed by atoms with Gasteiger partial charge >= 0.3 is 5.97 Å². The van der Waals surface area contributed by atoms with Crippen molar-refractivity contribution in [3.63, 3.8) is 0 Å². The Kier molecular flexibility index (Phi) is 2.86. The lowest BCUT2D eigenvalue weighted by molar-refractivity contribution is -0.144. The molecule has 2 N–H and O–H groups in total. The molecule has 1 saturated carbocycles. The van der Waals surface area contributed by atoms with E-state index in [2.05, 4.69) is 6.07 Å². The van der Waals surface area contributed by atoms with Gasteiger partial charge in [-0.1, -0.05) is 12.1 Å². The highest BCUT2D eigenvalue weighted by molar-refractivity contribution is 5.77. The predicted octanol–water partition coefficient (Wildman–Crippen LogP) is 2.24. The summed E-state index contributed by atoms with van der Waals surface area (Å²) in [5.41, 5.74) is 8.84. The van der Waals surface area contributed by atoms with Crippen LogP contribution in [-0.4, -0.2) is 12.6 Å². The van der Waals surface area contributed by atoms with E-state index in [-0.39, 0.29) is 11.9 Å². The van der Waals surface area contributed by atoms with Crippen LogP contribution in [0.1, 0.15) is 30.4 Å². The lowest BCUT2D eigenvalue weighted by Gasteiger charge is -2.04. The molecule has 1 aliphatic carbocycles. The third kappa shape index (κ3) is 2.03. The second-order valence-corrected chi connectivity index (χ2v) is 4.32. The fraction of sp³-hybridized carbons (Fsp3) is 0.462. The first kappa shape index (κ1) is 11.0. The van der Waals surface area contributed by atoms with E-state index in [0.29, 0.717) is 12.5 Å². The van der Waals surface area contributed by atoms with Crippen molar-refractivity contribution in [2.24, 2.45) is 5.92 Å². The van der Waals surface area contributed by atoms with Gasteiger partial charge in [0.05, 0.1) is 12.5 Å². The monoisotopic (exact) mass is 219 g/mol.